The number of hydrogen-bond donors (Lipinski definition) is 2. The molecule has 2 bridgehead atoms. The first kappa shape index (κ1) is 19.6. The Labute approximate surface area is 164 Å². The van der Waals surface area contributed by atoms with Crippen LogP contribution < -0.4 is 15.4 Å². The van der Waals surface area contributed by atoms with Gasteiger partial charge in [0, 0.05) is 18.1 Å². The number of ether oxygens (including phenoxy) is 1. The first-order valence-electron chi connectivity index (χ1n) is 9.20. The molecule has 2 saturated heterocycles. The zero-order valence-corrected chi connectivity index (χ0v) is 15.8. The predicted molar refractivity (Wildman–Crippen MR) is 105 cm³/mol. The van der Waals surface area contributed by atoms with Gasteiger partial charge < -0.3 is 15.4 Å². The van der Waals surface area contributed by atoms with Gasteiger partial charge in [-0.2, -0.15) is 0 Å². The number of carbonyl (C=O) groups is 1. The van der Waals surface area contributed by atoms with Gasteiger partial charge in [0.25, 0.3) is 5.91 Å². The number of amides is 1. The molecule has 0 aliphatic carbocycles. The van der Waals surface area contributed by atoms with Crippen molar-refractivity contribution in [1.82, 2.24) is 10.6 Å². The van der Waals surface area contributed by atoms with E-state index in [9.17, 15) is 9.18 Å². The maximum Gasteiger partial charge on any atom is 0.255 e. The van der Waals surface area contributed by atoms with Crippen LogP contribution in [-0.2, 0) is 6.61 Å². The topological polar surface area (TPSA) is 50.4 Å². The lowest BCUT2D eigenvalue weighted by Gasteiger charge is -2.29. The predicted octanol–water partition coefficient (Wildman–Crippen LogP) is 3.84. The Kier molecular flexibility index (Phi) is 6.34. The van der Waals surface area contributed by atoms with Gasteiger partial charge >= 0.3 is 0 Å². The van der Waals surface area contributed by atoms with Gasteiger partial charge in [-0.3, -0.25) is 4.79 Å². The smallest absolute Gasteiger partial charge is 0.255 e. The van der Waals surface area contributed by atoms with Gasteiger partial charge in [-0.1, -0.05) is 24.3 Å². The number of fused-ring (bicyclic) bond motifs is 2. The Morgan fingerprint density at radius 2 is 1.74 bits per heavy atom. The Bertz CT molecular complexity index is 772. The van der Waals surface area contributed by atoms with E-state index in [1.165, 1.54) is 25.0 Å². The van der Waals surface area contributed by atoms with E-state index >= 15 is 0 Å². The average Bonchev–Trinajstić information content (AvgIpc) is 3.00. The minimum atomic E-state index is -0.274. The summed E-state index contributed by atoms with van der Waals surface area (Å²) in [6.45, 7) is 0.294. The van der Waals surface area contributed by atoms with Crippen LogP contribution in [0.3, 0.4) is 0 Å². The van der Waals surface area contributed by atoms with Gasteiger partial charge in [0.1, 0.15) is 18.2 Å². The van der Waals surface area contributed by atoms with Gasteiger partial charge in [-0.05, 0) is 55.5 Å². The number of piperidine rings is 1. The fraction of sp³-hybridized carbons (Fsp3) is 0.381. The van der Waals surface area contributed by atoms with Crippen LogP contribution in [0.15, 0.2) is 48.5 Å². The molecule has 2 aromatic carbocycles. The monoisotopic (exact) mass is 390 g/mol. The van der Waals surface area contributed by atoms with Gasteiger partial charge in [-0.25, -0.2) is 4.39 Å². The summed E-state index contributed by atoms with van der Waals surface area (Å²) in [5.41, 5.74) is 1.40. The van der Waals surface area contributed by atoms with E-state index in [-0.39, 0.29) is 30.2 Å². The molecule has 0 radical (unpaired) electrons. The van der Waals surface area contributed by atoms with E-state index in [2.05, 4.69) is 10.6 Å². The van der Waals surface area contributed by atoms with Crippen molar-refractivity contribution < 1.29 is 13.9 Å². The normalized spacial score (nSPS) is 23.4. The van der Waals surface area contributed by atoms with Crippen LogP contribution in [0.2, 0.25) is 0 Å². The molecule has 4 rings (SSSR count). The minimum absolute atomic E-state index is 0. The summed E-state index contributed by atoms with van der Waals surface area (Å²) in [5.74, 6) is 0.182. The van der Waals surface area contributed by atoms with Crippen molar-refractivity contribution in [3.05, 3.63) is 65.5 Å². The molecule has 0 spiro atoms. The van der Waals surface area contributed by atoms with E-state index in [1.807, 2.05) is 12.1 Å². The number of rotatable bonds is 5. The quantitative estimate of drug-likeness (QED) is 0.815. The summed E-state index contributed by atoms with van der Waals surface area (Å²) in [5, 5.41) is 6.76. The lowest BCUT2D eigenvalue weighted by atomic mass is 9.99. The lowest BCUT2D eigenvalue weighted by Crippen LogP contribution is -2.48. The molecular formula is C21H24ClFN2O2. The van der Waals surface area contributed by atoms with E-state index in [4.69, 9.17) is 4.74 Å². The Morgan fingerprint density at radius 1 is 1.07 bits per heavy atom. The number of carbonyl (C=O) groups excluding carboxylic acids is 1. The first-order chi connectivity index (χ1) is 12.7. The molecule has 2 aliphatic heterocycles. The molecule has 144 valence electrons. The second kappa shape index (κ2) is 8.72. The zero-order chi connectivity index (χ0) is 17.9. The largest absolute Gasteiger partial charge is 0.488 e. The number of para-hydroxylation sites is 1. The minimum Gasteiger partial charge on any atom is -0.488 e. The van der Waals surface area contributed by atoms with E-state index in [0.717, 1.165) is 18.4 Å². The Morgan fingerprint density at radius 3 is 2.44 bits per heavy atom. The van der Waals surface area contributed by atoms with E-state index in [1.54, 1.807) is 24.3 Å². The second-order valence-corrected chi connectivity index (χ2v) is 7.19. The van der Waals surface area contributed by atoms with Crippen molar-refractivity contribution in [3.63, 3.8) is 0 Å². The van der Waals surface area contributed by atoms with Crippen LogP contribution in [0.25, 0.3) is 0 Å². The van der Waals surface area contributed by atoms with Gasteiger partial charge in [0.05, 0.1) is 5.56 Å². The van der Waals surface area contributed by atoms with Crippen molar-refractivity contribution >= 4 is 18.3 Å². The van der Waals surface area contributed by atoms with Crippen LogP contribution in [0.5, 0.6) is 5.75 Å². The molecular weight excluding hydrogens is 367 g/mol. The van der Waals surface area contributed by atoms with Gasteiger partial charge in [0.2, 0.25) is 0 Å². The maximum atomic E-state index is 13.0. The van der Waals surface area contributed by atoms with Crippen molar-refractivity contribution in [3.8, 4) is 5.75 Å². The van der Waals surface area contributed by atoms with Crippen LogP contribution in [0.1, 0.15) is 41.6 Å². The van der Waals surface area contributed by atoms with Crippen molar-refractivity contribution in [2.75, 3.05) is 0 Å². The third kappa shape index (κ3) is 4.79. The molecule has 0 aromatic heterocycles. The second-order valence-electron chi connectivity index (χ2n) is 7.19. The molecule has 2 aromatic rings. The van der Waals surface area contributed by atoms with Gasteiger partial charge in [-0.15, -0.1) is 12.4 Å². The van der Waals surface area contributed by atoms with E-state index < -0.39 is 0 Å². The van der Waals surface area contributed by atoms with Crippen molar-refractivity contribution in [1.29, 1.82) is 0 Å². The third-order valence-corrected chi connectivity index (χ3v) is 5.25. The first-order valence-corrected chi connectivity index (χ1v) is 9.20. The molecule has 4 nitrogen and oxygen atoms in total. The number of halogens is 2. The molecule has 2 unspecified atom stereocenters. The molecule has 6 heteroatoms. The number of nitrogens with one attached hydrogen (secondary N) is 2. The zero-order valence-electron chi connectivity index (χ0n) is 15.0. The summed E-state index contributed by atoms with van der Waals surface area (Å²) in [7, 11) is 0. The fourth-order valence-electron chi connectivity index (χ4n) is 3.96. The Hall–Kier alpha value is -2.11. The number of hydrogen-bond acceptors (Lipinski definition) is 3. The molecule has 0 saturated carbocycles. The fourth-order valence-corrected chi connectivity index (χ4v) is 3.96. The molecule has 27 heavy (non-hydrogen) atoms. The van der Waals surface area contributed by atoms with Crippen LogP contribution >= 0.6 is 12.4 Å². The van der Waals surface area contributed by atoms with Crippen LogP contribution in [-0.4, -0.2) is 24.0 Å². The molecule has 2 N–H and O–H groups in total. The highest BCUT2D eigenvalue weighted by molar-refractivity contribution is 5.97. The molecule has 2 fully saturated rings. The number of benzene rings is 2. The Balaban J connectivity index is 0.00000210. The summed E-state index contributed by atoms with van der Waals surface area (Å²) < 4.78 is 18.8. The summed E-state index contributed by atoms with van der Waals surface area (Å²) in [4.78, 5) is 12.8. The van der Waals surface area contributed by atoms with Crippen molar-refractivity contribution in [2.24, 2.45) is 0 Å². The standard InChI is InChI=1S/C21H23FN2O2.ClH/c22-15-7-5-14(6-8-15)13-26-20-4-2-1-3-19(20)21(25)24-18-11-16-9-10-17(12-18)23-16;/h1-8,16-18,23H,9-13H2,(H,24,25);1H. The molecule has 2 heterocycles. The summed E-state index contributed by atoms with van der Waals surface area (Å²) >= 11 is 0. The lowest BCUT2D eigenvalue weighted by molar-refractivity contribution is 0.0919. The highest BCUT2D eigenvalue weighted by Gasteiger charge is 2.34. The summed E-state index contributed by atoms with van der Waals surface area (Å²) in [6.07, 6.45) is 4.38. The van der Waals surface area contributed by atoms with E-state index in [0.29, 0.717) is 30.0 Å². The SMILES string of the molecule is Cl.O=C(NC1CC2CCC(C1)N2)c1ccccc1OCc1ccc(F)cc1. The highest BCUT2D eigenvalue weighted by Crippen LogP contribution is 2.27. The molecule has 2 atom stereocenters. The molecule has 1 amide bonds. The third-order valence-electron chi connectivity index (χ3n) is 5.25. The average molecular weight is 391 g/mol. The summed E-state index contributed by atoms with van der Waals surface area (Å²) in [6, 6.07) is 14.7. The van der Waals surface area contributed by atoms with Gasteiger partial charge in [0.15, 0.2) is 0 Å². The van der Waals surface area contributed by atoms with Crippen molar-refractivity contribution in [2.45, 2.75) is 50.4 Å². The van der Waals surface area contributed by atoms with Crippen LogP contribution in [0.4, 0.5) is 4.39 Å². The van der Waals surface area contributed by atoms with Crippen LogP contribution in [0, 0.1) is 5.82 Å². The molecule has 2 aliphatic rings. The highest BCUT2D eigenvalue weighted by atomic mass is 35.5. The maximum absolute atomic E-state index is 13.0.